The van der Waals surface area contributed by atoms with Crippen LogP contribution < -0.4 is 4.72 Å². The van der Waals surface area contributed by atoms with E-state index in [2.05, 4.69) is 14.6 Å². The predicted molar refractivity (Wildman–Crippen MR) is 105 cm³/mol. The maximum absolute atomic E-state index is 12.6. The predicted octanol–water partition coefficient (Wildman–Crippen LogP) is 2.75. The van der Waals surface area contributed by atoms with Gasteiger partial charge in [0.1, 0.15) is 0 Å². The van der Waals surface area contributed by atoms with Crippen LogP contribution in [-0.4, -0.2) is 31.3 Å². The number of sulfonamides is 1. The Morgan fingerprint density at radius 3 is 2.32 bits per heavy atom. The monoisotopic (exact) mass is 399 g/mol. The number of ether oxygens (including phenoxy) is 1. The lowest BCUT2D eigenvalue weighted by Crippen LogP contribution is -2.24. The molecule has 0 saturated heterocycles. The maximum Gasteiger partial charge on any atom is 0.337 e. The van der Waals surface area contributed by atoms with E-state index in [1.807, 2.05) is 44.2 Å². The summed E-state index contributed by atoms with van der Waals surface area (Å²) in [4.78, 5) is 11.6. The van der Waals surface area contributed by atoms with Gasteiger partial charge in [-0.25, -0.2) is 22.6 Å². The first-order valence-electron chi connectivity index (χ1n) is 8.62. The Bertz CT molecular complexity index is 1090. The number of methoxy groups -OCH3 is 1. The number of hydrogen-bond donors (Lipinski definition) is 1. The van der Waals surface area contributed by atoms with Crippen molar-refractivity contribution in [3.8, 4) is 5.69 Å². The molecule has 0 spiro atoms. The molecule has 1 N–H and O–H groups in total. The summed E-state index contributed by atoms with van der Waals surface area (Å²) in [5, 5.41) is 4.52. The lowest BCUT2D eigenvalue weighted by molar-refractivity contribution is 0.0600. The van der Waals surface area contributed by atoms with Crippen LogP contribution >= 0.6 is 0 Å². The Morgan fingerprint density at radius 1 is 1.07 bits per heavy atom. The molecule has 28 heavy (non-hydrogen) atoms. The van der Waals surface area contributed by atoms with E-state index in [0.29, 0.717) is 0 Å². The fourth-order valence-corrected chi connectivity index (χ4v) is 3.89. The number of carbonyl (C=O) groups is 1. The fourth-order valence-electron chi connectivity index (χ4n) is 2.89. The molecule has 0 aliphatic rings. The molecule has 0 fully saturated rings. The van der Waals surface area contributed by atoms with Crippen molar-refractivity contribution in [1.29, 1.82) is 0 Å². The zero-order chi connectivity index (χ0) is 20.3. The molecule has 0 unspecified atom stereocenters. The highest BCUT2D eigenvalue weighted by atomic mass is 32.2. The minimum Gasteiger partial charge on any atom is -0.465 e. The van der Waals surface area contributed by atoms with Gasteiger partial charge in [0.25, 0.3) is 0 Å². The molecule has 146 valence electrons. The van der Waals surface area contributed by atoms with Crippen LogP contribution in [-0.2, 0) is 21.3 Å². The highest BCUT2D eigenvalue weighted by Gasteiger charge is 2.18. The fraction of sp³-hybridized carbons (Fsp3) is 0.200. The summed E-state index contributed by atoms with van der Waals surface area (Å²) in [7, 11) is -2.46. The van der Waals surface area contributed by atoms with E-state index in [4.69, 9.17) is 0 Å². The molecule has 8 heteroatoms. The molecular formula is C20H21N3O4S. The third kappa shape index (κ3) is 3.97. The van der Waals surface area contributed by atoms with Crippen molar-refractivity contribution in [1.82, 2.24) is 14.5 Å². The lowest BCUT2D eigenvalue weighted by Gasteiger charge is -2.09. The lowest BCUT2D eigenvalue weighted by atomic mass is 10.2. The molecule has 0 amide bonds. The Balaban J connectivity index is 1.80. The first kappa shape index (κ1) is 19.8. The van der Waals surface area contributed by atoms with E-state index in [1.165, 1.54) is 31.4 Å². The number of hydrogen-bond acceptors (Lipinski definition) is 5. The van der Waals surface area contributed by atoms with Gasteiger partial charge in [-0.2, -0.15) is 5.10 Å². The first-order chi connectivity index (χ1) is 13.3. The number of nitrogens with zero attached hydrogens (tertiary/aromatic N) is 2. The summed E-state index contributed by atoms with van der Waals surface area (Å²) in [6.07, 6.45) is 0. The van der Waals surface area contributed by atoms with Gasteiger partial charge in [-0.3, -0.25) is 0 Å². The van der Waals surface area contributed by atoms with Crippen molar-refractivity contribution in [2.45, 2.75) is 25.3 Å². The molecule has 3 aromatic rings. The van der Waals surface area contributed by atoms with Gasteiger partial charge in [0.2, 0.25) is 10.0 Å². The van der Waals surface area contributed by atoms with Crippen LogP contribution in [0, 0.1) is 13.8 Å². The Morgan fingerprint density at radius 2 is 1.71 bits per heavy atom. The second-order valence-electron chi connectivity index (χ2n) is 6.24. The van der Waals surface area contributed by atoms with Crippen molar-refractivity contribution < 1.29 is 17.9 Å². The number of carbonyl (C=O) groups excluding carboxylic acids is 1. The second kappa shape index (κ2) is 7.95. The van der Waals surface area contributed by atoms with Crippen molar-refractivity contribution in [3.05, 3.63) is 77.1 Å². The van der Waals surface area contributed by atoms with Crippen molar-refractivity contribution in [2.75, 3.05) is 7.11 Å². The largest absolute Gasteiger partial charge is 0.465 e. The Kier molecular flexibility index (Phi) is 5.62. The van der Waals surface area contributed by atoms with Gasteiger partial charge in [-0.1, -0.05) is 18.2 Å². The molecular weight excluding hydrogens is 378 g/mol. The Hall–Kier alpha value is -2.97. The SMILES string of the molecule is COC(=O)c1ccc(S(=O)(=O)NCc2c(C)nn(-c3ccccc3)c2C)cc1. The van der Waals surface area contributed by atoms with Crippen LogP contribution in [0.5, 0.6) is 0 Å². The minimum atomic E-state index is -3.74. The first-order valence-corrected chi connectivity index (χ1v) is 10.1. The third-order valence-electron chi connectivity index (χ3n) is 4.47. The third-order valence-corrected chi connectivity index (χ3v) is 5.88. The zero-order valence-electron chi connectivity index (χ0n) is 15.8. The molecule has 2 aromatic carbocycles. The van der Waals surface area contributed by atoms with Gasteiger partial charge in [-0.05, 0) is 50.2 Å². The highest BCUT2D eigenvalue weighted by molar-refractivity contribution is 7.89. The smallest absolute Gasteiger partial charge is 0.337 e. The van der Waals surface area contributed by atoms with Crippen LogP contribution in [0.2, 0.25) is 0 Å². The molecule has 0 aliphatic carbocycles. The van der Waals surface area contributed by atoms with E-state index in [9.17, 15) is 13.2 Å². The highest BCUT2D eigenvalue weighted by Crippen LogP contribution is 2.19. The summed E-state index contributed by atoms with van der Waals surface area (Å²) >= 11 is 0. The van der Waals surface area contributed by atoms with Gasteiger partial charge in [-0.15, -0.1) is 0 Å². The summed E-state index contributed by atoms with van der Waals surface area (Å²) in [5.41, 5.74) is 3.64. The van der Waals surface area contributed by atoms with Gasteiger partial charge in [0, 0.05) is 17.8 Å². The molecule has 0 saturated carbocycles. The maximum atomic E-state index is 12.6. The molecule has 3 rings (SSSR count). The molecule has 1 aromatic heterocycles. The van der Waals surface area contributed by atoms with Crippen molar-refractivity contribution in [3.63, 3.8) is 0 Å². The number of esters is 1. The average molecular weight is 399 g/mol. The summed E-state index contributed by atoms with van der Waals surface area (Å²) < 4.78 is 34.2. The average Bonchev–Trinajstić information content (AvgIpc) is 3.00. The Labute approximate surface area is 164 Å². The zero-order valence-corrected chi connectivity index (χ0v) is 16.7. The molecule has 1 heterocycles. The van der Waals surface area contributed by atoms with E-state index in [-0.39, 0.29) is 17.0 Å². The summed E-state index contributed by atoms with van der Waals surface area (Å²) in [6.45, 7) is 3.87. The minimum absolute atomic E-state index is 0.0749. The number of rotatable bonds is 6. The van der Waals surface area contributed by atoms with E-state index in [0.717, 1.165) is 22.6 Å². The van der Waals surface area contributed by atoms with Crippen LogP contribution in [0.25, 0.3) is 5.69 Å². The van der Waals surface area contributed by atoms with Crippen molar-refractivity contribution >= 4 is 16.0 Å². The topological polar surface area (TPSA) is 90.3 Å². The van der Waals surface area contributed by atoms with Crippen LogP contribution in [0.3, 0.4) is 0 Å². The normalized spacial score (nSPS) is 11.4. The number of benzene rings is 2. The van der Waals surface area contributed by atoms with Crippen molar-refractivity contribution in [2.24, 2.45) is 0 Å². The van der Waals surface area contributed by atoms with Crippen LogP contribution in [0.15, 0.2) is 59.5 Å². The number of nitrogens with one attached hydrogen (secondary N) is 1. The standard InChI is InChI=1S/C20H21N3O4S/c1-14-19(15(2)23(22-14)17-7-5-4-6-8-17)13-21-28(25,26)18-11-9-16(10-12-18)20(24)27-3/h4-12,21H,13H2,1-3H3. The number of para-hydroxylation sites is 1. The number of aromatic nitrogens is 2. The summed E-state index contributed by atoms with van der Waals surface area (Å²) in [6, 6.07) is 15.2. The van der Waals surface area contributed by atoms with Gasteiger partial charge >= 0.3 is 5.97 Å². The van der Waals surface area contributed by atoms with E-state index in [1.54, 1.807) is 4.68 Å². The van der Waals surface area contributed by atoms with Crippen LogP contribution in [0.4, 0.5) is 0 Å². The number of aryl methyl sites for hydroxylation is 1. The molecule has 0 aliphatic heterocycles. The van der Waals surface area contributed by atoms with E-state index < -0.39 is 16.0 Å². The summed E-state index contributed by atoms with van der Waals surface area (Å²) in [5.74, 6) is -0.517. The molecule has 0 radical (unpaired) electrons. The van der Waals surface area contributed by atoms with Gasteiger partial charge in [0.15, 0.2) is 0 Å². The second-order valence-corrected chi connectivity index (χ2v) is 8.00. The molecule has 0 atom stereocenters. The molecule has 7 nitrogen and oxygen atoms in total. The van der Waals surface area contributed by atoms with Gasteiger partial charge in [0.05, 0.1) is 29.0 Å². The quantitative estimate of drug-likeness (QED) is 0.644. The van der Waals surface area contributed by atoms with Gasteiger partial charge < -0.3 is 4.74 Å². The van der Waals surface area contributed by atoms with Crippen LogP contribution in [0.1, 0.15) is 27.3 Å². The van der Waals surface area contributed by atoms with E-state index >= 15 is 0 Å². The molecule has 0 bridgehead atoms.